The molecule has 1 saturated heterocycles. The van der Waals surface area contributed by atoms with E-state index in [1.807, 2.05) is 24.3 Å². The molecule has 0 bridgehead atoms. The van der Waals surface area contributed by atoms with Crippen molar-refractivity contribution in [1.29, 1.82) is 0 Å². The number of hydrogen-bond donors (Lipinski definition) is 3. The van der Waals surface area contributed by atoms with Gasteiger partial charge in [-0.2, -0.15) is 0 Å². The van der Waals surface area contributed by atoms with Gasteiger partial charge in [-0.25, -0.2) is 0 Å². The van der Waals surface area contributed by atoms with E-state index in [0.29, 0.717) is 12.3 Å². The number of hydrazine groups is 1. The number of amides is 3. The molecule has 3 N–H and O–H groups in total. The van der Waals surface area contributed by atoms with Crippen LogP contribution in [0.25, 0.3) is 0 Å². The quantitative estimate of drug-likeness (QED) is 0.636. The maximum absolute atomic E-state index is 11.8. The van der Waals surface area contributed by atoms with E-state index in [1.54, 1.807) is 7.11 Å². The molecule has 1 heterocycles. The van der Waals surface area contributed by atoms with Crippen molar-refractivity contribution in [3.05, 3.63) is 29.8 Å². The zero-order valence-electron chi connectivity index (χ0n) is 11.6. The van der Waals surface area contributed by atoms with Gasteiger partial charge in [-0.05, 0) is 12.5 Å². The molecular weight excluding hydrogens is 274 g/mol. The van der Waals surface area contributed by atoms with E-state index >= 15 is 0 Å². The SMILES string of the molecule is COc1ccccc1CNC(=O)CCC1C(=O)NNC1=O. The van der Waals surface area contributed by atoms with Crippen LogP contribution in [-0.4, -0.2) is 24.8 Å². The summed E-state index contributed by atoms with van der Waals surface area (Å²) in [7, 11) is 1.57. The van der Waals surface area contributed by atoms with E-state index in [2.05, 4.69) is 16.2 Å². The van der Waals surface area contributed by atoms with Gasteiger partial charge < -0.3 is 10.1 Å². The number of benzene rings is 1. The van der Waals surface area contributed by atoms with Crippen LogP contribution in [0.1, 0.15) is 18.4 Å². The summed E-state index contributed by atoms with van der Waals surface area (Å²) in [6.07, 6.45) is 0.302. The number of methoxy groups -OCH3 is 1. The molecule has 1 aliphatic heterocycles. The Morgan fingerprint density at radius 3 is 2.57 bits per heavy atom. The van der Waals surface area contributed by atoms with Crippen molar-refractivity contribution >= 4 is 17.7 Å². The van der Waals surface area contributed by atoms with Gasteiger partial charge in [0.25, 0.3) is 11.8 Å². The van der Waals surface area contributed by atoms with Crippen LogP contribution in [0.3, 0.4) is 0 Å². The van der Waals surface area contributed by atoms with Crippen molar-refractivity contribution in [1.82, 2.24) is 16.2 Å². The fourth-order valence-electron chi connectivity index (χ4n) is 2.09. The fraction of sp³-hybridized carbons (Fsp3) is 0.357. The predicted molar refractivity (Wildman–Crippen MR) is 73.9 cm³/mol. The molecule has 1 aliphatic rings. The van der Waals surface area contributed by atoms with Gasteiger partial charge in [-0.1, -0.05) is 18.2 Å². The molecule has 1 fully saturated rings. The molecule has 0 atom stereocenters. The second kappa shape index (κ2) is 6.74. The van der Waals surface area contributed by atoms with Crippen molar-refractivity contribution in [3.8, 4) is 5.75 Å². The van der Waals surface area contributed by atoms with Gasteiger partial charge in [0.1, 0.15) is 11.7 Å². The van der Waals surface area contributed by atoms with Crippen LogP contribution in [0.5, 0.6) is 5.75 Å². The Balaban J connectivity index is 1.80. The van der Waals surface area contributed by atoms with E-state index in [9.17, 15) is 14.4 Å². The molecule has 0 aliphatic carbocycles. The van der Waals surface area contributed by atoms with Gasteiger partial charge in [0.2, 0.25) is 5.91 Å². The molecule has 0 saturated carbocycles. The zero-order valence-corrected chi connectivity index (χ0v) is 11.6. The van der Waals surface area contributed by atoms with Crippen LogP contribution in [0.15, 0.2) is 24.3 Å². The van der Waals surface area contributed by atoms with Gasteiger partial charge in [0.15, 0.2) is 0 Å². The largest absolute Gasteiger partial charge is 0.496 e. The molecule has 21 heavy (non-hydrogen) atoms. The molecule has 112 valence electrons. The van der Waals surface area contributed by atoms with Gasteiger partial charge in [-0.15, -0.1) is 0 Å². The van der Waals surface area contributed by atoms with Crippen molar-refractivity contribution in [2.24, 2.45) is 5.92 Å². The van der Waals surface area contributed by atoms with Crippen molar-refractivity contribution < 1.29 is 19.1 Å². The van der Waals surface area contributed by atoms with Crippen LogP contribution in [0.4, 0.5) is 0 Å². The first-order chi connectivity index (χ1) is 10.1. The Morgan fingerprint density at radius 1 is 1.24 bits per heavy atom. The highest BCUT2D eigenvalue weighted by Crippen LogP contribution is 2.17. The molecule has 1 aromatic carbocycles. The molecule has 7 heteroatoms. The molecule has 0 unspecified atom stereocenters. The highest BCUT2D eigenvalue weighted by Gasteiger charge is 2.32. The third-order valence-corrected chi connectivity index (χ3v) is 3.27. The number of nitrogens with one attached hydrogen (secondary N) is 3. The van der Waals surface area contributed by atoms with Crippen LogP contribution >= 0.6 is 0 Å². The summed E-state index contributed by atoms with van der Waals surface area (Å²) in [5, 5.41) is 2.74. The first-order valence-electron chi connectivity index (χ1n) is 6.60. The van der Waals surface area contributed by atoms with E-state index in [4.69, 9.17) is 4.74 Å². The Kier molecular flexibility index (Phi) is 4.76. The normalized spacial score (nSPS) is 14.5. The molecular formula is C14H17N3O4. The molecule has 2 rings (SSSR count). The van der Waals surface area contributed by atoms with E-state index in [-0.39, 0.29) is 18.7 Å². The van der Waals surface area contributed by atoms with Crippen LogP contribution in [0.2, 0.25) is 0 Å². The summed E-state index contributed by atoms with van der Waals surface area (Å²) >= 11 is 0. The molecule has 7 nitrogen and oxygen atoms in total. The third kappa shape index (κ3) is 3.71. The highest BCUT2D eigenvalue weighted by atomic mass is 16.5. The molecule has 3 amide bonds. The summed E-state index contributed by atoms with van der Waals surface area (Å²) in [6, 6.07) is 7.38. The molecule has 0 spiro atoms. The summed E-state index contributed by atoms with van der Waals surface area (Å²) in [5.74, 6) is -1.09. The number of rotatable bonds is 6. The molecule has 0 aromatic heterocycles. The van der Waals surface area contributed by atoms with Crippen LogP contribution < -0.4 is 20.9 Å². The predicted octanol–water partition coefficient (Wildman–Crippen LogP) is -0.131. The van der Waals surface area contributed by atoms with Crippen LogP contribution in [-0.2, 0) is 20.9 Å². The Labute approximate surface area is 122 Å². The Hall–Kier alpha value is -2.57. The lowest BCUT2D eigenvalue weighted by atomic mass is 10.0. The standard InChI is InChI=1S/C14H17N3O4/c1-21-11-5-3-2-4-9(11)8-15-12(18)7-6-10-13(19)16-17-14(10)20/h2-5,10H,6-8H2,1H3,(H,15,18)(H,16,19)(H,17,20). The Morgan fingerprint density at radius 2 is 1.90 bits per heavy atom. The number of ether oxygens (including phenoxy) is 1. The summed E-state index contributed by atoms with van der Waals surface area (Å²) in [6.45, 7) is 0.339. The minimum atomic E-state index is -0.790. The average Bonchev–Trinajstić information content (AvgIpc) is 2.82. The zero-order chi connectivity index (χ0) is 15.2. The first kappa shape index (κ1) is 14.8. The topological polar surface area (TPSA) is 96.5 Å². The van der Waals surface area contributed by atoms with Crippen molar-refractivity contribution in [3.63, 3.8) is 0 Å². The van der Waals surface area contributed by atoms with Crippen molar-refractivity contribution in [2.45, 2.75) is 19.4 Å². The van der Waals surface area contributed by atoms with Crippen LogP contribution in [0, 0.1) is 5.92 Å². The molecule has 0 radical (unpaired) electrons. The fourth-order valence-corrected chi connectivity index (χ4v) is 2.09. The minimum Gasteiger partial charge on any atom is -0.496 e. The first-order valence-corrected chi connectivity index (χ1v) is 6.60. The van der Waals surface area contributed by atoms with Gasteiger partial charge >= 0.3 is 0 Å². The summed E-state index contributed by atoms with van der Waals surface area (Å²) in [5.41, 5.74) is 5.32. The van der Waals surface area contributed by atoms with E-state index in [0.717, 1.165) is 5.56 Å². The Bertz CT molecular complexity index is 543. The number of carbonyl (C=O) groups is 3. The van der Waals surface area contributed by atoms with Gasteiger partial charge in [0.05, 0.1) is 7.11 Å². The molecule has 1 aromatic rings. The smallest absolute Gasteiger partial charge is 0.251 e. The van der Waals surface area contributed by atoms with E-state index < -0.39 is 17.7 Å². The lowest BCUT2D eigenvalue weighted by Crippen LogP contribution is -2.28. The number of carbonyl (C=O) groups excluding carboxylic acids is 3. The second-order valence-electron chi connectivity index (χ2n) is 4.66. The lowest BCUT2D eigenvalue weighted by Gasteiger charge is -2.10. The van der Waals surface area contributed by atoms with Crippen molar-refractivity contribution in [2.75, 3.05) is 7.11 Å². The maximum atomic E-state index is 11.8. The van der Waals surface area contributed by atoms with Gasteiger partial charge in [-0.3, -0.25) is 25.2 Å². The van der Waals surface area contributed by atoms with E-state index in [1.165, 1.54) is 0 Å². The third-order valence-electron chi connectivity index (χ3n) is 3.27. The van der Waals surface area contributed by atoms with Gasteiger partial charge in [0, 0.05) is 18.5 Å². The number of para-hydroxylation sites is 1. The second-order valence-corrected chi connectivity index (χ2v) is 4.66. The monoisotopic (exact) mass is 291 g/mol. The maximum Gasteiger partial charge on any atom is 0.251 e. The summed E-state index contributed by atoms with van der Waals surface area (Å²) in [4.78, 5) is 34.4. The summed E-state index contributed by atoms with van der Waals surface area (Å²) < 4.78 is 5.19. The average molecular weight is 291 g/mol. The number of hydrogen-bond acceptors (Lipinski definition) is 4. The minimum absolute atomic E-state index is 0.112. The highest BCUT2D eigenvalue weighted by molar-refractivity contribution is 6.05. The lowest BCUT2D eigenvalue weighted by molar-refractivity contribution is -0.128.